The van der Waals surface area contributed by atoms with Gasteiger partial charge < -0.3 is 14.4 Å². The van der Waals surface area contributed by atoms with Crippen molar-refractivity contribution in [1.82, 2.24) is 0 Å². The average Bonchev–Trinajstić information content (AvgIpc) is 2.88. The zero-order chi connectivity index (χ0) is 15.0. The lowest BCUT2D eigenvalue weighted by Gasteiger charge is -2.39. The summed E-state index contributed by atoms with van der Waals surface area (Å²) in [6.45, 7) is 2.60. The molecule has 3 rings (SSSR count). The molecule has 0 radical (unpaired) electrons. The van der Waals surface area contributed by atoms with Crippen LogP contribution in [0.5, 0.6) is 0 Å². The number of benzene rings is 1. The van der Waals surface area contributed by atoms with E-state index in [0.29, 0.717) is 42.0 Å². The summed E-state index contributed by atoms with van der Waals surface area (Å²) < 4.78 is 11.3. The van der Waals surface area contributed by atoms with Crippen molar-refractivity contribution in [1.29, 1.82) is 0 Å². The molecule has 0 N–H and O–H groups in total. The number of non-ortho nitro benzene ring substituents is 1. The fourth-order valence-electron chi connectivity index (χ4n) is 2.82. The molecule has 0 bridgehead atoms. The van der Waals surface area contributed by atoms with Crippen molar-refractivity contribution >= 4 is 34.6 Å². The lowest BCUT2D eigenvalue weighted by molar-refractivity contribution is -0.384. The zero-order valence-electron chi connectivity index (χ0n) is 11.2. The maximum absolute atomic E-state index is 10.8. The van der Waals surface area contributed by atoms with Gasteiger partial charge in [-0.25, -0.2) is 0 Å². The van der Waals surface area contributed by atoms with Gasteiger partial charge in [0.15, 0.2) is 5.79 Å². The Bertz CT molecular complexity index is 542. The summed E-state index contributed by atoms with van der Waals surface area (Å²) >= 11 is 12.3. The average molecular weight is 333 g/mol. The second-order valence-corrected chi connectivity index (χ2v) is 5.92. The Kier molecular flexibility index (Phi) is 3.96. The Balaban J connectivity index is 1.80. The van der Waals surface area contributed by atoms with Gasteiger partial charge in [-0.3, -0.25) is 10.1 Å². The lowest BCUT2D eigenvalue weighted by Crippen LogP contribution is -2.45. The molecule has 114 valence electrons. The molecule has 1 aromatic carbocycles. The van der Waals surface area contributed by atoms with Crippen LogP contribution < -0.4 is 4.90 Å². The highest BCUT2D eigenvalue weighted by Crippen LogP contribution is 2.41. The third kappa shape index (κ3) is 2.81. The van der Waals surface area contributed by atoms with Gasteiger partial charge in [-0.15, -0.1) is 0 Å². The number of rotatable bonds is 2. The molecule has 0 amide bonds. The van der Waals surface area contributed by atoms with Gasteiger partial charge in [0.05, 0.1) is 33.9 Å². The number of nitro benzene ring substituents is 1. The first-order valence-electron chi connectivity index (χ1n) is 6.67. The highest BCUT2D eigenvalue weighted by molar-refractivity contribution is 6.39. The van der Waals surface area contributed by atoms with Crippen LogP contribution in [0.1, 0.15) is 12.8 Å². The number of piperidine rings is 1. The molecule has 1 spiro atoms. The molecular formula is C13H14Cl2N2O4. The van der Waals surface area contributed by atoms with Crippen LogP contribution in [-0.4, -0.2) is 37.0 Å². The van der Waals surface area contributed by atoms with Gasteiger partial charge in [0.25, 0.3) is 5.69 Å². The molecule has 2 aliphatic heterocycles. The molecule has 2 aliphatic rings. The molecular weight excluding hydrogens is 319 g/mol. The smallest absolute Gasteiger partial charge is 0.272 e. The molecule has 0 aromatic heterocycles. The van der Waals surface area contributed by atoms with Crippen molar-refractivity contribution in [2.45, 2.75) is 18.6 Å². The Labute approximate surface area is 131 Å². The van der Waals surface area contributed by atoms with Crippen molar-refractivity contribution in [3.8, 4) is 0 Å². The number of hydrogen-bond donors (Lipinski definition) is 0. The van der Waals surface area contributed by atoms with Gasteiger partial charge in [0.2, 0.25) is 0 Å². The van der Waals surface area contributed by atoms with Crippen molar-refractivity contribution in [3.63, 3.8) is 0 Å². The minimum absolute atomic E-state index is 0.107. The zero-order valence-corrected chi connectivity index (χ0v) is 12.7. The number of nitro groups is 1. The third-order valence-electron chi connectivity index (χ3n) is 3.87. The summed E-state index contributed by atoms with van der Waals surface area (Å²) in [5, 5.41) is 11.4. The minimum atomic E-state index is -0.507. The normalized spacial score (nSPS) is 21.0. The van der Waals surface area contributed by atoms with Crippen molar-refractivity contribution in [2.75, 3.05) is 31.2 Å². The van der Waals surface area contributed by atoms with Crippen molar-refractivity contribution in [2.24, 2.45) is 0 Å². The van der Waals surface area contributed by atoms with E-state index in [1.807, 2.05) is 4.90 Å². The Morgan fingerprint density at radius 1 is 1.14 bits per heavy atom. The van der Waals surface area contributed by atoms with Crippen LogP contribution in [0.2, 0.25) is 10.0 Å². The summed E-state index contributed by atoms with van der Waals surface area (Å²) in [6.07, 6.45) is 1.44. The third-order valence-corrected chi connectivity index (χ3v) is 4.44. The fraction of sp³-hybridized carbons (Fsp3) is 0.538. The SMILES string of the molecule is O=[N+]([O-])c1cc(Cl)c(N2CCC3(CC2)OCCO3)c(Cl)c1. The van der Waals surface area contributed by atoms with E-state index in [0.717, 1.165) is 12.8 Å². The maximum atomic E-state index is 10.8. The maximum Gasteiger partial charge on any atom is 0.272 e. The Morgan fingerprint density at radius 3 is 2.14 bits per heavy atom. The summed E-state index contributed by atoms with van der Waals surface area (Å²) in [5.41, 5.74) is 0.529. The number of hydrogen-bond acceptors (Lipinski definition) is 5. The second kappa shape index (κ2) is 5.61. The van der Waals surface area contributed by atoms with E-state index in [1.165, 1.54) is 12.1 Å². The molecule has 0 unspecified atom stereocenters. The van der Waals surface area contributed by atoms with Gasteiger partial charge >= 0.3 is 0 Å². The van der Waals surface area contributed by atoms with Crippen molar-refractivity contribution < 1.29 is 14.4 Å². The lowest BCUT2D eigenvalue weighted by atomic mass is 10.0. The fourth-order valence-corrected chi connectivity index (χ4v) is 3.53. The summed E-state index contributed by atoms with van der Waals surface area (Å²) in [4.78, 5) is 12.3. The van der Waals surface area contributed by atoms with Crippen LogP contribution in [0.3, 0.4) is 0 Å². The van der Waals surface area contributed by atoms with Crippen LogP contribution in [0.4, 0.5) is 11.4 Å². The molecule has 6 nitrogen and oxygen atoms in total. The summed E-state index contributed by atoms with van der Waals surface area (Å²) in [6, 6.07) is 2.66. The first-order chi connectivity index (χ1) is 10.0. The van der Waals surface area contributed by atoms with E-state index in [1.54, 1.807) is 0 Å². The van der Waals surface area contributed by atoms with Gasteiger partial charge in [-0.1, -0.05) is 23.2 Å². The van der Waals surface area contributed by atoms with Crippen LogP contribution in [0, 0.1) is 10.1 Å². The number of ether oxygens (including phenoxy) is 2. The highest BCUT2D eigenvalue weighted by Gasteiger charge is 2.40. The number of nitrogens with zero attached hydrogens (tertiary/aromatic N) is 2. The highest BCUT2D eigenvalue weighted by atomic mass is 35.5. The summed E-state index contributed by atoms with van der Waals surface area (Å²) in [5.74, 6) is -0.476. The van der Waals surface area contributed by atoms with Crippen LogP contribution >= 0.6 is 23.2 Å². The molecule has 1 aromatic rings. The first kappa shape index (κ1) is 14.8. The van der Waals surface area contributed by atoms with E-state index in [9.17, 15) is 10.1 Å². The predicted molar refractivity (Wildman–Crippen MR) is 79.2 cm³/mol. The largest absolute Gasteiger partial charge is 0.369 e. The quantitative estimate of drug-likeness (QED) is 0.614. The van der Waals surface area contributed by atoms with Crippen LogP contribution in [-0.2, 0) is 9.47 Å². The summed E-state index contributed by atoms with van der Waals surface area (Å²) in [7, 11) is 0. The van der Waals surface area contributed by atoms with E-state index >= 15 is 0 Å². The van der Waals surface area contributed by atoms with E-state index in [4.69, 9.17) is 32.7 Å². The van der Waals surface area contributed by atoms with Crippen LogP contribution in [0.25, 0.3) is 0 Å². The second-order valence-electron chi connectivity index (χ2n) is 5.11. The number of anilines is 1. The Hall–Kier alpha value is -1.08. The predicted octanol–water partition coefficient (Wildman–Crippen LogP) is 3.24. The molecule has 0 aliphatic carbocycles. The molecule has 2 saturated heterocycles. The molecule has 8 heteroatoms. The number of halogens is 2. The van der Waals surface area contributed by atoms with Gasteiger partial charge in [-0.2, -0.15) is 0 Å². The molecule has 0 atom stereocenters. The minimum Gasteiger partial charge on any atom is -0.369 e. The molecule has 0 saturated carbocycles. The molecule has 2 heterocycles. The van der Waals surface area contributed by atoms with Crippen molar-refractivity contribution in [3.05, 3.63) is 32.3 Å². The van der Waals surface area contributed by atoms with Gasteiger partial charge in [0, 0.05) is 38.1 Å². The topological polar surface area (TPSA) is 64.8 Å². The van der Waals surface area contributed by atoms with Crippen LogP contribution in [0.15, 0.2) is 12.1 Å². The van der Waals surface area contributed by atoms with E-state index in [-0.39, 0.29) is 5.69 Å². The monoisotopic (exact) mass is 332 g/mol. The molecule has 2 fully saturated rings. The standard InChI is InChI=1S/C13H14Cl2N2O4/c14-10-7-9(17(18)19)8-11(15)12(10)16-3-1-13(2-4-16)20-5-6-21-13/h7-8H,1-6H2. The Morgan fingerprint density at radius 2 is 1.67 bits per heavy atom. The van der Waals surface area contributed by atoms with E-state index < -0.39 is 10.7 Å². The van der Waals surface area contributed by atoms with Gasteiger partial charge in [0.1, 0.15) is 0 Å². The first-order valence-corrected chi connectivity index (χ1v) is 7.43. The molecule has 21 heavy (non-hydrogen) atoms. The van der Waals surface area contributed by atoms with E-state index in [2.05, 4.69) is 0 Å². The van der Waals surface area contributed by atoms with Gasteiger partial charge in [-0.05, 0) is 0 Å².